The molecule has 0 aliphatic rings. The van der Waals surface area contributed by atoms with Crippen molar-refractivity contribution in [2.45, 2.75) is 0 Å². The lowest BCUT2D eigenvalue weighted by atomic mass is 10.2. The number of benzene rings is 1. The van der Waals surface area contributed by atoms with Crippen molar-refractivity contribution in [2.75, 3.05) is 0 Å². The number of aromatic nitrogens is 1. The molecule has 2 rings (SSSR count). The molecule has 0 N–H and O–H groups in total. The summed E-state index contributed by atoms with van der Waals surface area (Å²) in [6.07, 6.45) is 6.31. The molecule has 0 unspecified atom stereocenters. The zero-order chi connectivity index (χ0) is 9.36. The molecule has 13 heavy (non-hydrogen) atoms. The lowest BCUT2D eigenvalue weighted by Crippen LogP contribution is -1.63. The van der Waals surface area contributed by atoms with E-state index in [0.717, 1.165) is 0 Å². The van der Waals surface area contributed by atoms with Crippen molar-refractivity contribution in [1.29, 1.82) is 0 Å². The molecule has 0 saturated heterocycles. The molecule has 0 bridgehead atoms. The average Bonchev–Trinajstić information content (AvgIpc) is 2.77. The second-order valence-corrected chi connectivity index (χ2v) is 2.29. The zero-order valence-electron chi connectivity index (χ0n) is 7.26. The van der Waals surface area contributed by atoms with Crippen LogP contribution in [0.2, 0.25) is 0 Å². The van der Waals surface area contributed by atoms with Crippen LogP contribution in [0.25, 0.3) is 6.08 Å². The molecule has 66 valence electrons. The molecule has 1 aromatic carbocycles. The molecule has 0 atom stereocenters. The van der Waals surface area contributed by atoms with E-state index in [1.807, 2.05) is 36.4 Å². The third-order valence-corrected chi connectivity index (χ3v) is 1.38. The highest BCUT2D eigenvalue weighted by atomic mass is 16.3. The van der Waals surface area contributed by atoms with Crippen LogP contribution in [0.3, 0.4) is 0 Å². The maximum absolute atomic E-state index is 4.47. The van der Waals surface area contributed by atoms with Crippen LogP contribution >= 0.6 is 0 Å². The van der Waals surface area contributed by atoms with Crippen molar-refractivity contribution in [3.05, 3.63) is 61.3 Å². The SMILES string of the molecule is C=Cc1ccccc1.c1cocn1. The van der Waals surface area contributed by atoms with Gasteiger partial charge in [0.25, 0.3) is 0 Å². The van der Waals surface area contributed by atoms with Crippen molar-refractivity contribution >= 4 is 6.08 Å². The molecule has 2 nitrogen and oxygen atoms in total. The molecule has 0 saturated carbocycles. The van der Waals surface area contributed by atoms with E-state index in [4.69, 9.17) is 0 Å². The molecule has 0 spiro atoms. The molecule has 2 aromatic rings. The van der Waals surface area contributed by atoms with Gasteiger partial charge in [-0.1, -0.05) is 43.0 Å². The fraction of sp³-hybridized carbons (Fsp3) is 0. The summed E-state index contributed by atoms with van der Waals surface area (Å²) in [5.41, 5.74) is 1.17. The predicted octanol–water partition coefficient (Wildman–Crippen LogP) is 3.00. The largest absolute Gasteiger partial charge is 0.452 e. The Morgan fingerprint density at radius 3 is 2.31 bits per heavy atom. The van der Waals surface area contributed by atoms with Gasteiger partial charge in [-0.3, -0.25) is 0 Å². The lowest BCUT2D eigenvalue weighted by Gasteiger charge is -1.85. The summed E-state index contributed by atoms with van der Waals surface area (Å²) in [6, 6.07) is 10.0. The van der Waals surface area contributed by atoms with E-state index in [1.54, 1.807) is 6.20 Å². The summed E-state index contributed by atoms with van der Waals surface area (Å²) in [5, 5.41) is 0. The maximum atomic E-state index is 4.47. The highest BCUT2D eigenvalue weighted by Gasteiger charge is 1.75. The van der Waals surface area contributed by atoms with Gasteiger partial charge in [0, 0.05) is 0 Å². The van der Waals surface area contributed by atoms with Crippen LogP contribution in [-0.2, 0) is 0 Å². The third kappa shape index (κ3) is 3.91. The van der Waals surface area contributed by atoms with Gasteiger partial charge in [0.05, 0.1) is 6.20 Å². The van der Waals surface area contributed by atoms with Crippen LogP contribution in [0.4, 0.5) is 0 Å². The fourth-order valence-corrected chi connectivity index (χ4v) is 0.765. The van der Waals surface area contributed by atoms with Gasteiger partial charge in [0.2, 0.25) is 0 Å². The van der Waals surface area contributed by atoms with Crippen molar-refractivity contribution in [3.63, 3.8) is 0 Å². The molecule has 1 aromatic heterocycles. The van der Waals surface area contributed by atoms with Crippen LogP contribution in [-0.4, -0.2) is 4.98 Å². The first-order valence-corrected chi connectivity index (χ1v) is 3.93. The van der Waals surface area contributed by atoms with Crippen LogP contribution in [0.1, 0.15) is 5.56 Å². The van der Waals surface area contributed by atoms with E-state index >= 15 is 0 Å². The van der Waals surface area contributed by atoms with Gasteiger partial charge in [-0.25, -0.2) is 4.98 Å². The molecule has 1 heterocycles. The second-order valence-electron chi connectivity index (χ2n) is 2.29. The Labute approximate surface area is 77.5 Å². The van der Waals surface area contributed by atoms with Crippen LogP contribution in [0.15, 0.2) is 60.2 Å². The van der Waals surface area contributed by atoms with Gasteiger partial charge >= 0.3 is 0 Å². The predicted molar refractivity (Wildman–Crippen MR) is 53.0 cm³/mol. The Kier molecular flexibility index (Phi) is 4.11. The molecule has 0 radical (unpaired) electrons. The monoisotopic (exact) mass is 173 g/mol. The number of hydrogen-bond donors (Lipinski definition) is 0. The molecule has 2 heteroatoms. The Hall–Kier alpha value is -1.83. The fourth-order valence-electron chi connectivity index (χ4n) is 0.765. The zero-order valence-corrected chi connectivity index (χ0v) is 7.26. The quantitative estimate of drug-likeness (QED) is 0.662. The van der Waals surface area contributed by atoms with Crippen LogP contribution < -0.4 is 0 Å². The van der Waals surface area contributed by atoms with E-state index < -0.39 is 0 Å². The first-order valence-electron chi connectivity index (χ1n) is 3.93. The van der Waals surface area contributed by atoms with Gasteiger partial charge in [0.1, 0.15) is 6.26 Å². The summed E-state index contributed by atoms with van der Waals surface area (Å²) >= 11 is 0. The topological polar surface area (TPSA) is 26.0 Å². The summed E-state index contributed by atoms with van der Waals surface area (Å²) < 4.78 is 4.47. The van der Waals surface area contributed by atoms with E-state index in [2.05, 4.69) is 16.0 Å². The van der Waals surface area contributed by atoms with Crippen molar-refractivity contribution in [1.82, 2.24) is 4.98 Å². The first-order chi connectivity index (χ1) is 6.43. The molecule has 0 aliphatic carbocycles. The van der Waals surface area contributed by atoms with Crippen molar-refractivity contribution in [3.8, 4) is 0 Å². The van der Waals surface area contributed by atoms with Crippen LogP contribution in [0, 0.1) is 0 Å². The highest BCUT2D eigenvalue weighted by Crippen LogP contribution is 1.97. The Morgan fingerprint density at radius 2 is 2.00 bits per heavy atom. The highest BCUT2D eigenvalue weighted by molar-refractivity contribution is 5.45. The molecule has 0 aliphatic heterocycles. The summed E-state index contributed by atoms with van der Waals surface area (Å²) in [4.78, 5) is 3.56. The minimum Gasteiger partial charge on any atom is -0.452 e. The summed E-state index contributed by atoms with van der Waals surface area (Å²) in [7, 11) is 0. The standard InChI is InChI=1S/C8H8.C3H3NO/c1-2-8-6-4-3-5-7-8;1-2-5-3-4-1/h2-7H,1H2;1-3H. The van der Waals surface area contributed by atoms with E-state index in [-0.39, 0.29) is 0 Å². The van der Waals surface area contributed by atoms with E-state index in [1.165, 1.54) is 18.2 Å². The smallest absolute Gasteiger partial charge is 0.180 e. The van der Waals surface area contributed by atoms with E-state index in [9.17, 15) is 0 Å². The average molecular weight is 173 g/mol. The van der Waals surface area contributed by atoms with Gasteiger partial charge in [-0.2, -0.15) is 0 Å². The minimum absolute atomic E-state index is 1.17. The summed E-state index contributed by atoms with van der Waals surface area (Å²) in [6.45, 7) is 3.63. The second kappa shape index (κ2) is 5.77. The minimum atomic E-state index is 1.17. The van der Waals surface area contributed by atoms with Crippen molar-refractivity contribution < 1.29 is 4.42 Å². The first kappa shape index (κ1) is 9.26. The van der Waals surface area contributed by atoms with Crippen molar-refractivity contribution in [2.24, 2.45) is 0 Å². The van der Waals surface area contributed by atoms with Gasteiger partial charge in [-0.05, 0) is 5.56 Å². The third-order valence-electron chi connectivity index (χ3n) is 1.38. The maximum Gasteiger partial charge on any atom is 0.180 e. The summed E-state index contributed by atoms with van der Waals surface area (Å²) in [5.74, 6) is 0. The molecular weight excluding hydrogens is 162 g/mol. The van der Waals surface area contributed by atoms with Gasteiger partial charge in [0.15, 0.2) is 6.39 Å². The lowest BCUT2D eigenvalue weighted by molar-refractivity contribution is 0.558. The Balaban J connectivity index is 0.000000145. The van der Waals surface area contributed by atoms with Gasteiger partial charge in [-0.15, -0.1) is 0 Å². The van der Waals surface area contributed by atoms with Crippen LogP contribution in [0.5, 0.6) is 0 Å². The molecule has 0 amide bonds. The van der Waals surface area contributed by atoms with E-state index in [0.29, 0.717) is 0 Å². The number of oxazole rings is 1. The molecule has 0 fully saturated rings. The number of nitrogens with zero attached hydrogens (tertiary/aromatic N) is 1. The Bertz CT molecular complexity index is 296. The normalized spacial score (nSPS) is 8.31. The number of rotatable bonds is 1. The Morgan fingerprint density at radius 1 is 1.23 bits per heavy atom. The molecular formula is C11H11NO. The number of hydrogen-bond acceptors (Lipinski definition) is 2. The van der Waals surface area contributed by atoms with Gasteiger partial charge < -0.3 is 4.42 Å².